The van der Waals surface area contributed by atoms with Crippen molar-refractivity contribution in [3.63, 3.8) is 0 Å². The van der Waals surface area contributed by atoms with Crippen LogP contribution < -0.4 is 10.6 Å². The molecule has 5 rings (SSSR count). The topological polar surface area (TPSA) is 79.9 Å². The summed E-state index contributed by atoms with van der Waals surface area (Å²) in [6.45, 7) is 9.03. The van der Waals surface area contributed by atoms with E-state index in [1.54, 1.807) is 11.3 Å². The standard InChI is InChI=1S/C26H34N6OS/c1-19(27)29-25-23(21-7-3-2-4-8-21)22-17-28-26(30-24(22)34-25)32-13-9-20(10-14-32)18-33-16-15-31-11-5-6-12-31/h2-4,7-8,17,20H,5-6,9-16,18H2,1H3,(H2,27,29). The first-order chi connectivity index (χ1) is 16.7. The summed E-state index contributed by atoms with van der Waals surface area (Å²) in [7, 11) is 0. The molecule has 3 aromatic rings. The van der Waals surface area contributed by atoms with Crippen molar-refractivity contribution in [1.29, 1.82) is 0 Å². The predicted molar refractivity (Wildman–Crippen MR) is 141 cm³/mol. The largest absolute Gasteiger partial charge is 0.387 e. The third-order valence-corrected chi connectivity index (χ3v) is 7.75. The Labute approximate surface area is 205 Å². The molecule has 2 aliphatic heterocycles. The Kier molecular flexibility index (Phi) is 7.37. The van der Waals surface area contributed by atoms with Gasteiger partial charge in [0, 0.05) is 43.4 Å². The van der Waals surface area contributed by atoms with E-state index in [2.05, 4.69) is 26.9 Å². The number of aromatic nitrogens is 2. The average molecular weight is 479 g/mol. The molecule has 0 spiro atoms. The second-order valence-corrected chi connectivity index (χ2v) is 10.3. The molecule has 0 saturated carbocycles. The summed E-state index contributed by atoms with van der Waals surface area (Å²) in [6, 6.07) is 10.3. The number of aliphatic imine (C=N–C) groups is 1. The maximum atomic E-state index is 6.01. The highest BCUT2D eigenvalue weighted by Gasteiger charge is 2.23. The van der Waals surface area contributed by atoms with Crippen LogP contribution >= 0.6 is 11.3 Å². The summed E-state index contributed by atoms with van der Waals surface area (Å²) in [5.74, 6) is 1.97. The minimum absolute atomic E-state index is 0.543. The van der Waals surface area contributed by atoms with Crippen molar-refractivity contribution in [3.8, 4) is 11.1 Å². The number of ether oxygens (including phenoxy) is 1. The number of rotatable bonds is 8. The van der Waals surface area contributed by atoms with E-state index in [0.29, 0.717) is 11.8 Å². The highest BCUT2D eigenvalue weighted by molar-refractivity contribution is 7.23. The maximum absolute atomic E-state index is 6.01. The fraction of sp³-hybridized carbons (Fsp3) is 0.500. The SMILES string of the molecule is CC(N)=Nc1sc2nc(N3CCC(COCCN4CCCC4)CC3)ncc2c1-c1ccccc1. The number of piperidine rings is 1. The lowest BCUT2D eigenvalue weighted by Gasteiger charge is -2.31. The minimum atomic E-state index is 0.543. The van der Waals surface area contributed by atoms with E-state index < -0.39 is 0 Å². The summed E-state index contributed by atoms with van der Waals surface area (Å²) in [4.78, 5) is 20.1. The number of amidine groups is 1. The zero-order chi connectivity index (χ0) is 23.3. The molecule has 0 radical (unpaired) electrons. The van der Waals surface area contributed by atoms with Crippen LogP contribution in [0.25, 0.3) is 21.3 Å². The summed E-state index contributed by atoms with van der Waals surface area (Å²) < 4.78 is 6.01. The Hall–Kier alpha value is -2.55. The number of thiophene rings is 1. The van der Waals surface area contributed by atoms with Crippen molar-refractivity contribution < 1.29 is 4.74 Å². The van der Waals surface area contributed by atoms with Crippen LogP contribution in [-0.4, -0.2) is 66.6 Å². The number of hydrogen-bond acceptors (Lipinski definition) is 7. The molecule has 8 heteroatoms. The molecule has 2 aliphatic rings. The van der Waals surface area contributed by atoms with Gasteiger partial charge in [0.1, 0.15) is 9.83 Å². The molecular formula is C26H34N6OS. The van der Waals surface area contributed by atoms with E-state index in [1.807, 2.05) is 31.3 Å². The number of nitrogens with zero attached hydrogens (tertiary/aromatic N) is 5. The molecular weight excluding hydrogens is 444 g/mol. The number of anilines is 1. The molecule has 0 amide bonds. The van der Waals surface area contributed by atoms with Crippen LogP contribution in [0, 0.1) is 5.92 Å². The van der Waals surface area contributed by atoms with Crippen LogP contribution in [0.3, 0.4) is 0 Å². The molecule has 2 aromatic heterocycles. The third-order valence-electron chi connectivity index (χ3n) is 6.76. The van der Waals surface area contributed by atoms with E-state index >= 15 is 0 Å². The van der Waals surface area contributed by atoms with Crippen molar-refractivity contribution >= 4 is 38.3 Å². The monoisotopic (exact) mass is 478 g/mol. The van der Waals surface area contributed by atoms with Crippen molar-refractivity contribution in [1.82, 2.24) is 14.9 Å². The Balaban J connectivity index is 1.24. The van der Waals surface area contributed by atoms with Crippen LogP contribution in [-0.2, 0) is 4.74 Å². The lowest BCUT2D eigenvalue weighted by atomic mass is 9.98. The molecule has 1 aromatic carbocycles. The lowest BCUT2D eigenvalue weighted by Crippen LogP contribution is -2.36. The predicted octanol–water partition coefficient (Wildman–Crippen LogP) is 4.70. The van der Waals surface area contributed by atoms with Crippen LogP contribution in [0.2, 0.25) is 0 Å². The van der Waals surface area contributed by atoms with Gasteiger partial charge in [0.15, 0.2) is 0 Å². The normalized spacial score (nSPS) is 18.3. The Morgan fingerprint density at radius 1 is 1.15 bits per heavy atom. The van der Waals surface area contributed by atoms with Crippen molar-refractivity contribution in [3.05, 3.63) is 36.5 Å². The smallest absolute Gasteiger partial charge is 0.226 e. The third kappa shape index (κ3) is 5.40. The molecule has 34 heavy (non-hydrogen) atoms. The first-order valence-electron chi connectivity index (χ1n) is 12.4. The summed E-state index contributed by atoms with van der Waals surface area (Å²) in [6.07, 6.45) is 6.87. The molecule has 2 saturated heterocycles. The van der Waals surface area contributed by atoms with Gasteiger partial charge >= 0.3 is 0 Å². The van der Waals surface area contributed by atoms with Gasteiger partial charge in [-0.3, -0.25) is 0 Å². The van der Waals surface area contributed by atoms with Gasteiger partial charge in [-0.05, 0) is 57.2 Å². The fourth-order valence-corrected chi connectivity index (χ4v) is 5.98. The van der Waals surface area contributed by atoms with Gasteiger partial charge in [-0.1, -0.05) is 41.7 Å². The number of fused-ring (bicyclic) bond motifs is 1. The maximum Gasteiger partial charge on any atom is 0.226 e. The molecule has 0 aliphatic carbocycles. The van der Waals surface area contributed by atoms with Gasteiger partial charge < -0.3 is 20.3 Å². The van der Waals surface area contributed by atoms with Gasteiger partial charge in [0.25, 0.3) is 0 Å². The van der Waals surface area contributed by atoms with Gasteiger partial charge in [0.05, 0.1) is 12.4 Å². The van der Waals surface area contributed by atoms with Crippen molar-refractivity contribution in [2.24, 2.45) is 16.6 Å². The first-order valence-corrected chi connectivity index (χ1v) is 13.2. The van der Waals surface area contributed by atoms with Crippen LogP contribution in [0.5, 0.6) is 0 Å². The van der Waals surface area contributed by atoms with Crippen molar-refractivity contribution in [2.45, 2.75) is 32.6 Å². The quantitative estimate of drug-likeness (QED) is 0.287. The molecule has 7 nitrogen and oxygen atoms in total. The number of nitrogens with two attached hydrogens (primary N) is 1. The molecule has 180 valence electrons. The van der Waals surface area contributed by atoms with Crippen LogP contribution in [0.1, 0.15) is 32.6 Å². The average Bonchev–Trinajstić information content (AvgIpc) is 3.49. The minimum Gasteiger partial charge on any atom is -0.387 e. The molecule has 0 atom stereocenters. The molecule has 0 bridgehead atoms. The van der Waals surface area contributed by atoms with Crippen molar-refractivity contribution in [2.75, 3.05) is 50.8 Å². The van der Waals surface area contributed by atoms with Gasteiger partial charge in [-0.2, -0.15) is 0 Å². The number of likely N-dealkylation sites (tertiary alicyclic amines) is 1. The van der Waals surface area contributed by atoms with Crippen LogP contribution in [0.4, 0.5) is 10.9 Å². The van der Waals surface area contributed by atoms with Crippen LogP contribution in [0.15, 0.2) is 41.5 Å². The highest BCUT2D eigenvalue weighted by atomic mass is 32.1. The Bertz CT molecular complexity index is 1110. The Morgan fingerprint density at radius 3 is 2.65 bits per heavy atom. The van der Waals surface area contributed by atoms with Gasteiger partial charge in [-0.15, -0.1) is 0 Å². The zero-order valence-electron chi connectivity index (χ0n) is 19.9. The molecule has 4 heterocycles. The molecule has 2 fully saturated rings. The summed E-state index contributed by atoms with van der Waals surface area (Å²) >= 11 is 1.58. The van der Waals surface area contributed by atoms with E-state index in [9.17, 15) is 0 Å². The van der Waals surface area contributed by atoms with Gasteiger partial charge in [-0.25, -0.2) is 15.0 Å². The van der Waals surface area contributed by atoms with E-state index in [-0.39, 0.29) is 0 Å². The summed E-state index contributed by atoms with van der Waals surface area (Å²) in [5.41, 5.74) is 8.09. The Morgan fingerprint density at radius 2 is 1.91 bits per heavy atom. The van der Waals surface area contributed by atoms with E-state index in [4.69, 9.17) is 20.4 Å². The first kappa shape index (κ1) is 23.2. The second kappa shape index (κ2) is 10.8. The fourth-order valence-electron chi connectivity index (χ4n) is 4.89. The molecule has 0 unspecified atom stereocenters. The summed E-state index contributed by atoms with van der Waals surface area (Å²) in [5, 5.41) is 1.92. The van der Waals surface area contributed by atoms with E-state index in [0.717, 1.165) is 78.0 Å². The zero-order valence-corrected chi connectivity index (χ0v) is 20.8. The molecule has 2 N–H and O–H groups in total. The highest BCUT2D eigenvalue weighted by Crippen LogP contribution is 2.44. The number of hydrogen-bond donors (Lipinski definition) is 1. The second-order valence-electron chi connectivity index (χ2n) is 9.34. The van der Waals surface area contributed by atoms with E-state index in [1.165, 1.54) is 25.9 Å². The van der Waals surface area contributed by atoms with Gasteiger partial charge in [0.2, 0.25) is 5.95 Å². The lowest BCUT2D eigenvalue weighted by molar-refractivity contribution is 0.0752. The number of benzene rings is 1.